The van der Waals surface area contributed by atoms with Crippen molar-refractivity contribution in [1.82, 2.24) is 9.97 Å². The molecule has 0 radical (unpaired) electrons. The second-order valence-corrected chi connectivity index (χ2v) is 5.28. The highest BCUT2D eigenvalue weighted by atomic mass is 15.1. The molecule has 0 amide bonds. The molecule has 2 unspecified atom stereocenters. The second-order valence-electron chi connectivity index (χ2n) is 5.28. The van der Waals surface area contributed by atoms with Crippen LogP contribution in [-0.4, -0.2) is 16.0 Å². The minimum Gasteiger partial charge on any atom is -0.351 e. The molecule has 1 heterocycles. The molecule has 1 N–H and O–H groups in total. The Morgan fingerprint density at radius 2 is 1.88 bits per heavy atom. The van der Waals surface area contributed by atoms with Crippen LogP contribution in [0.25, 0.3) is 0 Å². The van der Waals surface area contributed by atoms with E-state index in [0.29, 0.717) is 6.04 Å². The molecule has 0 aromatic carbocycles. The van der Waals surface area contributed by atoms with E-state index in [-0.39, 0.29) is 0 Å². The smallest absolute Gasteiger partial charge is 0.223 e. The number of nitrogens with zero attached hydrogens (tertiary/aromatic N) is 2. The van der Waals surface area contributed by atoms with E-state index in [2.05, 4.69) is 29.1 Å². The van der Waals surface area contributed by atoms with Gasteiger partial charge < -0.3 is 5.32 Å². The zero-order valence-electron chi connectivity index (χ0n) is 10.4. The Labute approximate surface area is 97.7 Å². The number of anilines is 1. The first-order valence-corrected chi connectivity index (χ1v) is 6.19. The summed E-state index contributed by atoms with van der Waals surface area (Å²) < 4.78 is 0. The molecule has 3 nitrogen and oxygen atoms in total. The van der Waals surface area contributed by atoms with Gasteiger partial charge in [-0.1, -0.05) is 13.8 Å². The van der Waals surface area contributed by atoms with Gasteiger partial charge in [0.15, 0.2) is 0 Å². The minimum absolute atomic E-state index is 0.542. The molecule has 1 aliphatic rings. The summed E-state index contributed by atoms with van der Waals surface area (Å²) in [6.45, 7) is 6.67. The van der Waals surface area contributed by atoms with E-state index in [1.165, 1.54) is 19.3 Å². The highest BCUT2D eigenvalue weighted by molar-refractivity contribution is 5.26. The van der Waals surface area contributed by atoms with E-state index in [1.54, 1.807) is 0 Å². The fourth-order valence-electron chi connectivity index (χ4n) is 2.77. The van der Waals surface area contributed by atoms with Crippen LogP contribution in [0.4, 0.5) is 5.95 Å². The third kappa shape index (κ3) is 2.94. The van der Waals surface area contributed by atoms with E-state index >= 15 is 0 Å². The summed E-state index contributed by atoms with van der Waals surface area (Å²) in [5, 5.41) is 3.46. The summed E-state index contributed by atoms with van der Waals surface area (Å²) in [7, 11) is 0. The van der Waals surface area contributed by atoms with Gasteiger partial charge in [0.05, 0.1) is 0 Å². The first-order chi connectivity index (χ1) is 7.63. The molecule has 1 fully saturated rings. The highest BCUT2D eigenvalue weighted by Gasteiger charge is 2.24. The van der Waals surface area contributed by atoms with E-state index in [4.69, 9.17) is 0 Å². The molecule has 0 aliphatic heterocycles. The summed E-state index contributed by atoms with van der Waals surface area (Å²) in [5.74, 6) is 2.41. The molecule has 0 spiro atoms. The first kappa shape index (κ1) is 11.4. The molecule has 2 rings (SSSR count). The molecule has 1 aromatic rings. The van der Waals surface area contributed by atoms with Crippen LogP contribution in [0.1, 0.15) is 38.8 Å². The molecule has 0 saturated heterocycles. The molecule has 1 aromatic heterocycles. The van der Waals surface area contributed by atoms with Crippen LogP contribution in [0.15, 0.2) is 12.3 Å². The number of hydrogen-bond donors (Lipinski definition) is 1. The average molecular weight is 219 g/mol. The summed E-state index contributed by atoms with van der Waals surface area (Å²) in [6.07, 6.45) is 5.65. The SMILES string of the molecule is Cc1ccnc(NC2CC(C)CC(C)C2)n1. The van der Waals surface area contributed by atoms with Crippen molar-refractivity contribution in [1.29, 1.82) is 0 Å². The molecule has 1 aliphatic carbocycles. The van der Waals surface area contributed by atoms with Gasteiger partial charge >= 0.3 is 0 Å². The molecule has 1 saturated carbocycles. The average Bonchev–Trinajstić information content (AvgIpc) is 2.15. The zero-order chi connectivity index (χ0) is 11.5. The van der Waals surface area contributed by atoms with E-state index < -0.39 is 0 Å². The van der Waals surface area contributed by atoms with Gasteiger partial charge in [-0.3, -0.25) is 0 Å². The zero-order valence-corrected chi connectivity index (χ0v) is 10.4. The normalized spacial score (nSPS) is 30.1. The quantitative estimate of drug-likeness (QED) is 0.830. The van der Waals surface area contributed by atoms with E-state index in [9.17, 15) is 0 Å². The van der Waals surface area contributed by atoms with Crippen molar-refractivity contribution in [3.05, 3.63) is 18.0 Å². The Kier molecular flexibility index (Phi) is 3.42. The van der Waals surface area contributed by atoms with Crippen LogP contribution in [0.3, 0.4) is 0 Å². The van der Waals surface area contributed by atoms with Gasteiger partial charge in [-0.2, -0.15) is 0 Å². The third-order valence-corrected chi connectivity index (χ3v) is 3.31. The van der Waals surface area contributed by atoms with Crippen LogP contribution in [-0.2, 0) is 0 Å². The maximum atomic E-state index is 4.40. The van der Waals surface area contributed by atoms with Gasteiger partial charge in [0.25, 0.3) is 0 Å². The fraction of sp³-hybridized carbons (Fsp3) is 0.692. The lowest BCUT2D eigenvalue weighted by atomic mass is 9.80. The molecule has 2 atom stereocenters. The largest absolute Gasteiger partial charge is 0.351 e. The second kappa shape index (κ2) is 4.81. The van der Waals surface area contributed by atoms with Gasteiger partial charge in [-0.15, -0.1) is 0 Å². The Bertz CT molecular complexity index is 341. The van der Waals surface area contributed by atoms with E-state index in [1.807, 2.05) is 19.2 Å². The number of aryl methyl sites for hydroxylation is 1. The van der Waals surface area contributed by atoms with Crippen molar-refractivity contribution in [2.75, 3.05) is 5.32 Å². The van der Waals surface area contributed by atoms with Crippen molar-refractivity contribution in [2.24, 2.45) is 11.8 Å². The van der Waals surface area contributed by atoms with Crippen LogP contribution >= 0.6 is 0 Å². The van der Waals surface area contributed by atoms with Crippen molar-refractivity contribution >= 4 is 5.95 Å². The monoisotopic (exact) mass is 219 g/mol. The summed E-state index contributed by atoms with van der Waals surface area (Å²) in [4.78, 5) is 8.66. The molecule has 0 bridgehead atoms. The number of aromatic nitrogens is 2. The van der Waals surface area contributed by atoms with Gasteiger partial charge in [0, 0.05) is 17.9 Å². The van der Waals surface area contributed by atoms with Gasteiger partial charge in [0.2, 0.25) is 5.95 Å². The molecular formula is C13H21N3. The lowest BCUT2D eigenvalue weighted by Crippen LogP contribution is -2.30. The summed E-state index contributed by atoms with van der Waals surface area (Å²) in [5.41, 5.74) is 1.02. The Morgan fingerprint density at radius 3 is 2.50 bits per heavy atom. The van der Waals surface area contributed by atoms with Crippen molar-refractivity contribution in [3.63, 3.8) is 0 Å². The highest BCUT2D eigenvalue weighted by Crippen LogP contribution is 2.29. The van der Waals surface area contributed by atoms with Crippen molar-refractivity contribution in [2.45, 2.75) is 46.1 Å². The third-order valence-electron chi connectivity index (χ3n) is 3.31. The lowest BCUT2D eigenvalue weighted by Gasteiger charge is -2.31. The maximum absolute atomic E-state index is 4.40. The minimum atomic E-state index is 0.542. The Balaban J connectivity index is 1.98. The fourth-order valence-corrected chi connectivity index (χ4v) is 2.77. The summed E-state index contributed by atoms with van der Waals surface area (Å²) >= 11 is 0. The predicted molar refractivity (Wildman–Crippen MR) is 66.4 cm³/mol. The number of hydrogen-bond acceptors (Lipinski definition) is 3. The first-order valence-electron chi connectivity index (χ1n) is 6.19. The lowest BCUT2D eigenvalue weighted by molar-refractivity contribution is 0.280. The van der Waals surface area contributed by atoms with Crippen LogP contribution in [0.2, 0.25) is 0 Å². The van der Waals surface area contributed by atoms with Gasteiger partial charge in [0.1, 0.15) is 0 Å². The van der Waals surface area contributed by atoms with Crippen LogP contribution < -0.4 is 5.32 Å². The van der Waals surface area contributed by atoms with Crippen molar-refractivity contribution in [3.8, 4) is 0 Å². The topological polar surface area (TPSA) is 37.8 Å². The number of rotatable bonds is 2. The molecule has 88 valence electrons. The van der Waals surface area contributed by atoms with Crippen LogP contribution in [0, 0.1) is 18.8 Å². The summed E-state index contributed by atoms with van der Waals surface area (Å²) in [6, 6.07) is 2.47. The van der Waals surface area contributed by atoms with Gasteiger partial charge in [-0.05, 0) is 44.1 Å². The molecular weight excluding hydrogens is 198 g/mol. The Morgan fingerprint density at radius 1 is 1.19 bits per heavy atom. The molecule has 16 heavy (non-hydrogen) atoms. The standard InChI is InChI=1S/C13H21N3/c1-9-6-10(2)8-12(7-9)16-13-14-5-4-11(3)15-13/h4-5,9-10,12H,6-8H2,1-3H3,(H,14,15,16). The van der Waals surface area contributed by atoms with Gasteiger partial charge in [-0.25, -0.2) is 9.97 Å². The van der Waals surface area contributed by atoms with E-state index in [0.717, 1.165) is 23.5 Å². The Hall–Kier alpha value is -1.12. The predicted octanol–water partition coefficient (Wildman–Crippen LogP) is 3.02. The van der Waals surface area contributed by atoms with Crippen LogP contribution in [0.5, 0.6) is 0 Å². The molecule has 3 heteroatoms. The maximum Gasteiger partial charge on any atom is 0.223 e. The van der Waals surface area contributed by atoms with Crippen molar-refractivity contribution < 1.29 is 0 Å². The number of nitrogens with one attached hydrogen (secondary N) is 1.